The van der Waals surface area contributed by atoms with E-state index in [-0.39, 0.29) is 5.91 Å². The van der Waals surface area contributed by atoms with Gasteiger partial charge in [0.1, 0.15) is 4.32 Å². The zero-order chi connectivity index (χ0) is 8.69. The van der Waals surface area contributed by atoms with Gasteiger partial charge in [0.05, 0.1) is 0 Å². The second-order valence-corrected chi connectivity index (χ2v) is 3.23. The lowest BCUT2D eigenvalue weighted by atomic mass is 10.4. The molecule has 2 N–H and O–H groups in total. The molecular formula is C6H12N2OS2. The molecule has 0 heterocycles. The summed E-state index contributed by atoms with van der Waals surface area (Å²) in [5.74, 6) is -0.00144. The number of amides is 1. The summed E-state index contributed by atoms with van der Waals surface area (Å²) in [4.78, 5) is 10.4. The van der Waals surface area contributed by atoms with Gasteiger partial charge in [0.2, 0.25) is 5.91 Å². The predicted octanol–water partition coefficient (Wildman–Crippen LogP) is 0.317. The second kappa shape index (κ2) is 6.42. The monoisotopic (exact) mass is 192 g/mol. The third kappa shape index (κ3) is 9.71. The van der Waals surface area contributed by atoms with Crippen molar-refractivity contribution in [1.82, 2.24) is 10.6 Å². The Kier molecular flexibility index (Phi) is 6.25. The first-order valence-electron chi connectivity index (χ1n) is 3.34. The Hall–Kier alpha value is -0.290. The molecule has 0 radical (unpaired) electrons. The Morgan fingerprint density at radius 3 is 2.45 bits per heavy atom. The van der Waals surface area contributed by atoms with Crippen LogP contribution in [0.2, 0.25) is 0 Å². The van der Waals surface area contributed by atoms with E-state index in [1.54, 1.807) is 0 Å². The zero-order valence-electron chi connectivity index (χ0n) is 6.39. The number of thiol groups is 1. The third-order valence-electron chi connectivity index (χ3n) is 1.00. The molecule has 0 unspecified atom stereocenters. The van der Waals surface area contributed by atoms with E-state index < -0.39 is 0 Å². The number of carbonyl (C=O) groups is 1. The second-order valence-electron chi connectivity index (χ2n) is 2.07. The highest BCUT2D eigenvalue weighted by Crippen LogP contribution is 1.79. The van der Waals surface area contributed by atoms with E-state index in [2.05, 4.69) is 35.5 Å². The highest BCUT2D eigenvalue weighted by atomic mass is 32.1. The summed E-state index contributed by atoms with van der Waals surface area (Å²) in [7, 11) is 0. The van der Waals surface area contributed by atoms with Gasteiger partial charge in [-0.2, -0.15) is 0 Å². The van der Waals surface area contributed by atoms with E-state index in [1.807, 2.05) is 0 Å². The Morgan fingerprint density at radius 1 is 1.45 bits per heavy atom. The number of hydrogen-bond donors (Lipinski definition) is 3. The molecular weight excluding hydrogens is 180 g/mol. The van der Waals surface area contributed by atoms with E-state index in [1.165, 1.54) is 6.92 Å². The van der Waals surface area contributed by atoms with Crippen LogP contribution in [-0.4, -0.2) is 23.3 Å². The summed E-state index contributed by atoms with van der Waals surface area (Å²) in [5, 5.41) is 5.54. The number of carbonyl (C=O) groups excluding carboxylic acids is 1. The first-order chi connectivity index (χ1) is 5.13. The van der Waals surface area contributed by atoms with Gasteiger partial charge in [-0.05, 0) is 6.42 Å². The molecule has 1 amide bonds. The minimum atomic E-state index is -0.00144. The number of thiocarbonyl (C=S) groups is 1. The van der Waals surface area contributed by atoms with Crippen LogP contribution in [0, 0.1) is 0 Å². The Morgan fingerprint density at radius 2 is 2.00 bits per heavy atom. The van der Waals surface area contributed by atoms with E-state index in [0.717, 1.165) is 13.0 Å². The van der Waals surface area contributed by atoms with Gasteiger partial charge in [0.15, 0.2) is 0 Å². The molecule has 0 aromatic carbocycles. The van der Waals surface area contributed by atoms with Crippen LogP contribution in [0.25, 0.3) is 0 Å². The molecule has 0 saturated carbocycles. The largest absolute Gasteiger partial charge is 0.371 e. The predicted molar refractivity (Wildman–Crippen MR) is 52.9 cm³/mol. The topological polar surface area (TPSA) is 41.1 Å². The smallest absolute Gasteiger partial charge is 0.216 e. The van der Waals surface area contributed by atoms with Crippen LogP contribution >= 0.6 is 24.8 Å². The van der Waals surface area contributed by atoms with Crippen molar-refractivity contribution in [3.8, 4) is 0 Å². The van der Waals surface area contributed by atoms with Crippen LogP contribution in [-0.2, 0) is 4.79 Å². The SMILES string of the molecule is CC(=O)NCCCNC(=S)S. The third-order valence-corrected chi connectivity index (χ3v) is 1.31. The fraction of sp³-hybridized carbons (Fsp3) is 0.667. The first kappa shape index (κ1) is 10.7. The van der Waals surface area contributed by atoms with Gasteiger partial charge >= 0.3 is 0 Å². The molecule has 0 spiro atoms. The van der Waals surface area contributed by atoms with Gasteiger partial charge in [0, 0.05) is 20.0 Å². The van der Waals surface area contributed by atoms with Crippen LogP contribution in [0.3, 0.4) is 0 Å². The zero-order valence-corrected chi connectivity index (χ0v) is 8.10. The van der Waals surface area contributed by atoms with E-state index in [9.17, 15) is 4.79 Å². The standard InChI is InChI=1S/C6H12N2OS2/c1-5(9)7-3-2-4-8-6(10)11/h2-4H2,1H3,(H,7,9)(H2,8,10,11). The Labute approximate surface area is 77.3 Å². The maximum absolute atomic E-state index is 10.4. The lowest BCUT2D eigenvalue weighted by Crippen LogP contribution is -2.25. The first-order valence-corrected chi connectivity index (χ1v) is 4.19. The molecule has 0 aliphatic heterocycles. The highest BCUT2D eigenvalue weighted by molar-refractivity contribution is 8.11. The minimum Gasteiger partial charge on any atom is -0.371 e. The van der Waals surface area contributed by atoms with Crippen molar-refractivity contribution in [3.05, 3.63) is 0 Å². The van der Waals surface area contributed by atoms with Crippen molar-refractivity contribution in [2.45, 2.75) is 13.3 Å². The van der Waals surface area contributed by atoms with Crippen molar-refractivity contribution >= 4 is 35.1 Å². The quantitative estimate of drug-likeness (QED) is 0.341. The summed E-state index contributed by atoms with van der Waals surface area (Å²) in [6.45, 7) is 2.93. The Bertz CT molecular complexity index is 134. The number of nitrogens with one attached hydrogen (secondary N) is 2. The summed E-state index contributed by atoms with van der Waals surface area (Å²) < 4.78 is 0.493. The van der Waals surface area contributed by atoms with Crippen LogP contribution in [0.5, 0.6) is 0 Å². The van der Waals surface area contributed by atoms with Crippen LogP contribution in [0.15, 0.2) is 0 Å². The normalized spacial score (nSPS) is 8.91. The average Bonchev–Trinajstić information content (AvgIpc) is 1.85. The summed E-state index contributed by atoms with van der Waals surface area (Å²) in [5.41, 5.74) is 0. The molecule has 5 heteroatoms. The van der Waals surface area contributed by atoms with Crippen molar-refractivity contribution in [2.75, 3.05) is 13.1 Å². The minimum absolute atomic E-state index is 0.00144. The number of hydrogen-bond acceptors (Lipinski definition) is 2. The van der Waals surface area contributed by atoms with Crippen LogP contribution in [0.1, 0.15) is 13.3 Å². The van der Waals surface area contributed by atoms with Gasteiger partial charge in [-0.1, -0.05) is 12.2 Å². The van der Waals surface area contributed by atoms with Crippen LogP contribution in [0.4, 0.5) is 0 Å². The summed E-state index contributed by atoms with van der Waals surface area (Å²) in [6.07, 6.45) is 0.861. The van der Waals surface area contributed by atoms with Gasteiger partial charge in [-0.15, -0.1) is 12.6 Å². The molecule has 0 aromatic heterocycles. The van der Waals surface area contributed by atoms with Gasteiger partial charge < -0.3 is 10.6 Å². The molecule has 0 aliphatic carbocycles. The Balaban J connectivity index is 3.03. The summed E-state index contributed by atoms with van der Waals surface area (Å²) in [6, 6.07) is 0. The number of rotatable bonds is 4. The molecule has 0 aromatic rings. The summed E-state index contributed by atoms with van der Waals surface area (Å²) >= 11 is 8.54. The molecule has 0 atom stereocenters. The maximum Gasteiger partial charge on any atom is 0.216 e. The van der Waals surface area contributed by atoms with Gasteiger partial charge in [0.25, 0.3) is 0 Å². The lowest BCUT2D eigenvalue weighted by molar-refractivity contribution is -0.118. The van der Waals surface area contributed by atoms with Gasteiger partial charge in [-0.25, -0.2) is 0 Å². The average molecular weight is 192 g/mol. The van der Waals surface area contributed by atoms with Crippen LogP contribution < -0.4 is 10.6 Å². The van der Waals surface area contributed by atoms with Crippen molar-refractivity contribution in [2.24, 2.45) is 0 Å². The molecule has 64 valence electrons. The van der Waals surface area contributed by atoms with Crippen molar-refractivity contribution < 1.29 is 4.79 Å². The fourth-order valence-corrected chi connectivity index (χ4v) is 0.762. The van der Waals surface area contributed by atoms with E-state index in [0.29, 0.717) is 10.9 Å². The molecule has 0 rings (SSSR count). The molecule has 0 aliphatic rings. The molecule has 0 fully saturated rings. The van der Waals surface area contributed by atoms with Crippen molar-refractivity contribution in [1.29, 1.82) is 0 Å². The molecule has 0 bridgehead atoms. The highest BCUT2D eigenvalue weighted by Gasteiger charge is 1.90. The molecule has 3 nitrogen and oxygen atoms in total. The maximum atomic E-state index is 10.4. The van der Waals surface area contributed by atoms with E-state index >= 15 is 0 Å². The van der Waals surface area contributed by atoms with Crippen molar-refractivity contribution in [3.63, 3.8) is 0 Å². The van der Waals surface area contributed by atoms with E-state index in [4.69, 9.17) is 0 Å². The van der Waals surface area contributed by atoms with Gasteiger partial charge in [-0.3, -0.25) is 4.79 Å². The molecule has 11 heavy (non-hydrogen) atoms. The lowest BCUT2D eigenvalue weighted by Gasteiger charge is -2.02. The fourth-order valence-electron chi connectivity index (χ4n) is 0.548. The molecule has 0 saturated heterocycles.